The zero-order chi connectivity index (χ0) is 20.4. The third-order valence-corrected chi connectivity index (χ3v) is 3.74. The molecule has 0 bridgehead atoms. The molecule has 1 rings (SSSR count). The van der Waals surface area contributed by atoms with Crippen molar-refractivity contribution in [3.8, 4) is 11.5 Å². The normalized spacial score (nSPS) is 11.7. The van der Waals surface area contributed by atoms with Crippen molar-refractivity contribution in [2.24, 2.45) is 11.7 Å². The van der Waals surface area contributed by atoms with Crippen LogP contribution >= 0.6 is 0 Å². The first kappa shape index (κ1) is 22.2. The van der Waals surface area contributed by atoms with Crippen molar-refractivity contribution in [1.29, 1.82) is 0 Å². The zero-order valence-corrected chi connectivity index (χ0v) is 15.6. The minimum absolute atomic E-state index is 0.175. The molecule has 9 nitrogen and oxygen atoms in total. The second-order valence-electron chi connectivity index (χ2n) is 6.59. The minimum Gasteiger partial charge on any atom is -0.504 e. The Kier molecular flexibility index (Phi) is 9.07. The van der Waals surface area contributed by atoms with Gasteiger partial charge in [-0.3, -0.25) is 14.4 Å². The largest absolute Gasteiger partial charge is 0.504 e. The van der Waals surface area contributed by atoms with E-state index >= 15 is 0 Å². The third kappa shape index (κ3) is 8.41. The van der Waals surface area contributed by atoms with Gasteiger partial charge in [0.25, 0.3) is 0 Å². The highest BCUT2D eigenvalue weighted by atomic mass is 16.3. The van der Waals surface area contributed by atoms with Crippen LogP contribution in [0.3, 0.4) is 0 Å². The highest BCUT2D eigenvalue weighted by Gasteiger charge is 2.21. The van der Waals surface area contributed by atoms with Gasteiger partial charge < -0.3 is 31.9 Å². The van der Waals surface area contributed by atoms with Crippen LogP contribution in [0.25, 0.3) is 0 Å². The molecule has 0 saturated heterocycles. The Hall–Kier alpha value is -2.81. The van der Waals surface area contributed by atoms with Crippen LogP contribution in [0.4, 0.5) is 0 Å². The quantitative estimate of drug-likeness (QED) is 0.297. The van der Waals surface area contributed by atoms with Crippen molar-refractivity contribution >= 4 is 17.7 Å². The van der Waals surface area contributed by atoms with Gasteiger partial charge >= 0.3 is 0 Å². The summed E-state index contributed by atoms with van der Waals surface area (Å²) in [6, 6.07) is 3.73. The maximum Gasteiger partial charge on any atom is 0.242 e. The molecule has 0 aliphatic rings. The van der Waals surface area contributed by atoms with Crippen LogP contribution in [-0.4, -0.2) is 53.6 Å². The lowest BCUT2D eigenvalue weighted by Gasteiger charge is -2.20. The molecule has 0 heterocycles. The summed E-state index contributed by atoms with van der Waals surface area (Å²) >= 11 is 0. The number of hydrogen-bond acceptors (Lipinski definition) is 6. The molecule has 1 aromatic carbocycles. The van der Waals surface area contributed by atoms with E-state index in [1.807, 2.05) is 13.8 Å². The van der Waals surface area contributed by atoms with E-state index in [1.54, 1.807) is 6.07 Å². The second kappa shape index (κ2) is 11.0. The van der Waals surface area contributed by atoms with E-state index in [0.717, 1.165) is 5.56 Å². The number of hydrogen-bond donors (Lipinski definition) is 6. The van der Waals surface area contributed by atoms with Crippen LogP contribution < -0.4 is 21.7 Å². The number of rotatable bonds is 10. The molecule has 0 aliphatic carbocycles. The van der Waals surface area contributed by atoms with Gasteiger partial charge in [0.2, 0.25) is 17.7 Å². The maximum absolute atomic E-state index is 12.4. The van der Waals surface area contributed by atoms with Gasteiger partial charge in [0, 0.05) is 6.54 Å². The van der Waals surface area contributed by atoms with Gasteiger partial charge in [-0.15, -0.1) is 0 Å². The first-order valence-electron chi connectivity index (χ1n) is 8.77. The van der Waals surface area contributed by atoms with Crippen LogP contribution in [0.5, 0.6) is 11.5 Å². The number of carbonyl (C=O) groups is 3. The van der Waals surface area contributed by atoms with Crippen molar-refractivity contribution < 1.29 is 24.6 Å². The summed E-state index contributed by atoms with van der Waals surface area (Å²) in [4.78, 5) is 35.4. The number of aromatic hydroxyl groups is 2. The predicted molar refractivity (Wildman–Crippen MR) is 99.9 cm³/mol. The fourth-order valence-corrected chi connectivity index (χ4v) is 2.38. The van der Waals surface area contributed by atoms with Gasteiger partial charge in [-0.25, -0.2) is 0 Å². The molecule has 27 heavy (non-hydrogen) atoms. The molecule has 7 N–H and O–H groups in total. The van der Waals surface area contributed by atoms with Crippen LogP contribution in [0.15, 0.2) is 18.2 Å². The summed E-state index contributed by atoms with van der Waals surface area (Å²) in [5.41, 5.74) is 5.91. The molecule has 0 unspecified atom stereocenters. The van der Waals surface area contributed by atoms with E-state index in [2.05, 4.69) is 16.0 Å². The number of benzene rings is 1. The lowest BCUT2D eigenvalue weighted by Crippen LogP contribution is -2.50. The summed E-state index contributed by atoms with van der Waals surface area (Å²) in [6.45, 7) is 3.71. The predicted octanol–water partition coefficient (Wildman–Crippen LogP) is -0.638. The van der Waals surface area contributed by atoms with Crippen molar-refractivity contribution in [2.45, 2.75) is 32.7 Å². The van der Waals surface area contributed by atoms with Crippen molar-refractivity contribution in [1.82, 2.24) is 16.0 Å². The first-order chi connectivity index (χ1) is 12.7. The molecular formula is C18H28N4O5. The molecule has 1 aromatic rings. The lowest BCUT2D eigenvalue weighted by molar-refractivity contribution is -0.129. The second-order valence-corrected chi connectivity index (χ2v) is 6.59. The Morgan fingerprint density at radius 1 is 1.07 bits per heavy atom. The molecule has 0 aromatic heterocycles. The molecule has 150 valence electrons. The Bertz CT molecular complexity index is 663. The van der Waals surface area contributed by atoms with E-state index in [-0.39, 0.29) is 36.4 Å². The fourth-order valence-electron chi connectivity index (χ4n) is 2.38. The number of amides is 3. The minimum atomic E-state index is -0.722. The standard InChI is InChI=1S/C18H28N4O5/c1-11(2)7-13(22-17(26)10-21-16(25)9-19)18(27)20-6-5-12-3-4-14(23)15(24)8-12/h3-4,8,11,13,23-24H,5-7,9-10,19H2,1-2H3,(H,20,27)(H,21,25)(H,22,26)/t13-/m0/s1. The number of phenols is 2. The molecule has 0 spiro atoms. The topological polar surface area (TPSA) is 154 Å². The molecule has 0 radical (unpaired) electrons. The van der Waals surface area contributed by atoms with E-state index in [0.29, 0.717) is 19.4 Å². The average molecular weight is 380 g/mol. The Morgan fingerprint density at radius 3 is 2.37 bits per heavy atom. The smallest absolute Gasteiger partial charge is 0.242 e. The number of phenolic OH excluding ortho intramolecular Hbond substituents is 2. The fraction of sp³-hybridized carbons (Fsp3) is 0.500. The van der Waals surface area contributed by atoms with Gasteiger partial charge in [-0.1, -0.05) is 19.9 Å². The Morgan fingerprint density at radius 2 is 1.78 bits per heavy atom. The van der Waals surface area contributed by atoms with Gasteiger partial charge in [-0.2, -0.15) is 0 Å². The van der Waals surface area contributed by atoms with Crippen LogP contribution in [0, 0.1) is 5.92 Å². The molecule has 0 fully saturated rings. The van der Waals surface area contributed by atoms with Gasteiger partial charge in [0.15, 0.2) is 11.5 Å². The Balaban J connectivity index is 2.54. The molecule has 9 heteroatoms. The van der Waals surface area contributed by atoms with Crippen molar-refractivity contribution in [3.05, 3.63) is 23.8 Å². The Labute approximate surface area is 158 Å². The maximum atomic E-state index is 12.4. The lowest BCUT2D eigenvalue weighted by atomic mass is 10.0. The van der Waals surface area contributed by atoms with Crippen LogP contribution in [-0.2, 0) is 20.8 Å². The van der Waals surface area contributed by atoms with E-state index < -0.39 is 17.9 Å². The number of nitrogens with two attached hydrogens (primary N) is 1. The molecule has 1 atom stereocenters. The van der Waals surface area contributed by atoms with E-state index in [1.165, 1.54) is 12.1 Å². The highest BCUT2D eigenvalue weighted by molar-refractivity contribution is 5.90. The van der Waals surface area contributed by atoms with Crippen molar-refractivity contribution in [3.63, 3.8) is 0 Å². The highest BCUT2D eigenvalue weighted by Crippen LogP contribution is 2.24. The van der Waals surface area contributed by atoms with Gasteiger partial charge in [0.1, 0.15) is 6.04 Å². The van der Waals surface area contributed by atoms with E-state index in [4.69, 9.17) is 5.73 Å². The van der Waals surface area contributed by atoms with Gasteiger partial charge in [0.05, 0.1) is 13.1 Å². The number of nitrogens with one attached hydrogen (secondary N) is 3. The molecular weight excluding hydrogens is 352 g/mol. The molecule has 0 aliphatic heterocycles. The molecule has 0 saturated carbocycles. The summed E-state index contributed by atoms with van der Waals surface area (Å²) in [5.74, 6) is -1.50. The summed E-state index contributed by atoms with van der Waals surface area (Å²) in [7, 11) is 0. The monoisotopic (exact) mass is 380 g/mol. The SMILES string of the molecule is CC(C)C[C@H](NC(=O)CNC(=O)CN)C(=O)NCCc1ccc(O)c(O)c1. The first-order valence-corrected chi connectivity index (χ1v) is 8.77. The van der Waals surface area contributed by atoms with Crippen LogP contribution in [0.1, 0.15) is 25.8 Å². The average Bonchev–Trinajstić information content (AvgIpc) is 2.61. The van der Waals surface area contributed by atoms with E-state index in [9.17, 15) is 24.6 Å². The summed E-state index contributed by atoms with van der Waals surface area (Å²) < 4.78 is 0. The van der Waals surface area contributed by atoms with Gasteiger partial charge in [-0.05, 0) is 36.5 Å². The summed E-state index contributed by atoms with van der Waals surface area (Å²) in [5, 5.41) is 26.5. The zero-order valence-electron chi connectivity index (χ0n) is 15.6. The third-order valence-electron chi connectivity index (χ3n) is 3.74. The summed E-state index contributed by atoms with van der Waals surface area (Å²) in [6.07, 6.45) is 0.900. The van der Waals surface area contributed by atoms with Crippen LogP contribution in [0.2, 0.25) is 0 Å². The number of carbonyl (C=O) groups excluding carboxylic acids is 3. The van der Waals surface area contributed by atoms with Crippen molar-refractivity contribution in [2.75, 3.05) is 19.6 Å². The molecule has 3 amide bonds.